The molecule has 0 spiro atoms. The average Bonchev–Trinajstić information content (AvgIpc) is 2.34. The van der Waals surface area contributed by atoms with Gasteiger partial charge < -0.3 is 11.1 Å². The number of nitrogens with one attached hydrogen (secondary N) is 1. The average molecular weight is 283 g/mol. The Morgan fingerprint density at radius 1 is 1.53 bits per heavy atom. The number of thiocarbonyl (C=S) groups is 1. The van der Waals surface area contributed by atoms with Crippen molar-refractivity contribution >= 4 is 28.8 Å². The van der Waals surface area contributed by atoms with E-state index in [9.17, 15) is 9.18 Å². The van der Waals surface area contributed by atoms with E-state index in [0.29, 0.717) is 23.6 Å². The van der Waals surface area contributed by atoms with Gasteiger partial charge in [-0.2, -0.15) is 0 Å². The molecule has 0 saturated carbocycles. The molecular formula is C13H18FN3OS. The molecule has 3 N–H and O–H groups in total. The Bertz CT molecular complexity index is 453. The summed E-state index contributed by atoms with van der Waals surface area (Å²) in [6, 6.07) is 5.81. The number of hydrogen-bond donors (Lipinski definition) is 2. The Balaban J connectivity index is 2.46. The number of nitrogens with two attached hydrogens (primary N) is 1. The minimum absolute atomic E-state index is 0.185. The monoisotopic (exact) mass is 283 g/mol. The topological polar surface area (TPSA) is 58.4 Å². The number of carbonyl (C=O) groups is 1. The summed E-state index contributed by atoms with van der Waals surface area (Å²) in [4.78, 5) is 14.2. The maximum absolute atomic E-state index is 13.0. The Hall–Kier alpha value is -1.53. The third-order valence-electron chi connectivity index (χ3n) is 2.60. The summed E-state index contributed by atoms with van der Waals surface area (Å²) in [5.74, 6) is -0.561. The zero-order valence-corrected chi connectivity index (χ0v) is 11.7. The summed E-state index contributed by atoms with van der Waals surface area (Å²) in [5.41, 5.74) is 5.88. The summed E-state index contributed by atoms with van der Waals surface area (Å²) in [5, 5.41) is 2.65. The van der Waals surface area contributed by atoms with Gasteiger partial charge in [0, 0.05) is 18.7 Å². The quantitative estimate of drug-likeness (QED) is 0.749. The van der Waals surface area contributed by atoms with E-state index in [2.05, 4.69) is 5.32 Å². The molecule has 0 heterocycles. The van der Waals surface area contributed by atoms with Crippen LogP contribution in [0.3, 0.4) is 0 Å². The number of anilines is 1. The molecule has 0 radical (unpaired) electrons. The predicted octanol–water partition coefficient (Wildman–Crippen LogP) is 1.76. The Morgan fingerprint density at radius 2 is 2.26 bits per heavy atom. The van der Waals surface area contributed by atoms with Crippen LogP contribution in [0.15, 0.2) is 24.3 Å². The lowest BCUT2D eigenvalue weighted by Crippen LogP contribution is -2.35. The molecule has 19 heavy (non-hydrogen) atoms. The van der Waals surface area contributed by atoms with Crippen molar-refractivity contribution < 1.29 is 9.18 Å². The van der Waals surface area contributed by atoms with Gasteiger partial charge in [-0.1, -0.05) is 25.2 Å². The first-order valence-electron chi connectivity index (χ1n) is 6.07. The first kappa shape index (κ1) is 15.5. The number of carbonyl (C=O) groups excluding carboxylic acids is 1. The van der Waals surface area contributed by atoms with Crippen molar-refractivity contribution in [2.75, 3.05) is 25.0 Å². The Labute approximate surface area is 117 Å². The second-order valence-electron chi connectivity index (χ2n) is 4.14. The first-order chi connectivity index (χ1) is 9.01. The maximum Gasteiger partial charge on any atom is 0.238 e. The number of benzene rings is 1. The predicted molar refractivity (Wildman–Crippen MR) is 78.5 cm³/mol. The van der Waals surface area contributed by atoms with Gasteiger partial charge in [0.05, 0.1) is 11.5 Å². The number of nitrogens with zero attached hydrogens (tertiary/aromatic N) is 1. The molecule has 0 saturated heterocycles. The van der Waals surface area contributed by atoms with Crippen LogP contribution in [0, 0.1) is 5.82 Å². The van der Waals surface area contributed by atoms with Crippen molar-refractivity contribution in [1.82, 2.24) is 4.90 Å². The molecule has 0 aliphatic carbocycles. The van der Waals surface area contributed by atoms with Gasteiger partial charge in [-0.3, -0.25) is 9.69 Å². The van der Waals surface area contributed by atoms with Crippen molar-refractivity contribution in [2.24, 2.45) is 5.73 Å². The highest BCUT2D eigenvalue weighted by molar-refractivity contribution is 7.80. The lowest BCUT2D eigenvalue weighted by molar-refractivity contribution is -0.117. The number of halogens is 1. The van der Waals surface area contributed by atoms with Crippen LogP contribution in [0.4, 0.5) is 10.1 Å². The van der Waals surface area contributed by atoms with Gasteiger partial charge in [-0.25, -0.2) is 4.39 Å². The van der Waals surface area contributed by atoms with E-state index in [0.717, 1.165) is 6.54 Å². The fraction of sp³-hybridized carbons (Fsp3) is 0.385. The van der Waals surface area contributed by atoms with E-state index < -0.39 is 0 Å². The van der Waals surface area contributed by atoms with Crippen molar-refractivity contribution in [3.8, 4) is 0 Å². The SMILES string of the molecule is CCN(CCC(N)=S)CC(=O)Nc1cccc(F)c1. The lowest BCUT2D eigenvalue weighted by atomic mass is 10.3. The van der Waals surface area contributed by atoms with Crippen LogP contribution in [-0.2, 0) is 4.79 Å². The summed E-state index contributed by atoms with van der Waals surface area (Å²) < 4.78 is 13.0. The normalized spacial score (nSPS) is 10.5. The summed E-state index contributed by atoms with van der Waals surface area (Å²) in [6.45, 7) is 3.55. The van der Waals surface area contributed by atoms with Gasteiger partial charge in [-0.05, 0) is 24.7 Å². The van der Waals surface area contributed by atoms with Crippen LogP contribution in [0.5, 0.6) is 0 Å². The fourth-order valence-corrected chi connectivity index (χ4v) is 1.68. The highest BCUT2D eigenvalue weighted by Crippen LogP contribution is 2.09. The van der Waals surface area contributed by atoms with Crippen LogP contribution in [-0.4, -0.2) is 35.4 Å². The zero-order valence-electron chi connectivity index (χ0n) is 10.9. The van der Waals surface area contributed by atoms with Gasteiger partial charge >= 0.3 is 0 Å². The van der Waals surface area contributed by atoms with Crippen molar-refractivity contribution in [1.29, 1.82) is 0 Å². The van der Waals surface area contributed by atoms with Crippen LogP contribution in [0.2, 0.25) is 0 Å². The minimum atomic E-state index is -0.376. The van der Waals surface area contributed by atoms with E-state index in [4.69, 9.17) is 18.0 Å². The van der Waals surface area contributed by atoms with Crippen LogP contribution >= 0.6 is 12.2 Å². The Morgan fingerprint density at radius 3 is 2.84 bits per heavy atom. The molecule has 1 rings (SSSR count). The van der Waals surface area contributed by atoms with Gasteiger partial charge in [-0.15, -0.1) is 0 Å². The molecule has 6 heteroatoms. The molecule has 0 aromatic heterocycles. The number of amides is 1. The smallest absolute Gasteiger partial charge is 0.238 e. The van der Waals surface area contributed by atoms with Crippen molar-refractivity contribution in [3.05, 3.63) is 30.1 Å². The zero-order chi connectivity index (χ0) is 14.3. The molecule has 0 fully saturated rings. The van der Waals surface area contributed by atoms with E-state index in [-0.39, 0.29) is 18.3 Å². The van der Waals surface area contributed by atoms with Gasteiger partial charge in [0.2, 0.25) is 5.91 Å². The summed E-state index contributed by atoms with van der Waals surface area (Å²) >= 11 is 4.80. The van der Waals surface area contributed by atoms with Gasteiger partial charge in [0.25, 0.3) is 0 Å². The van der Waals surface area contributed by atoms with Gasteiger partial charge in [0.1, 0.15) is 5.82 Å². The summed E-state index contributed by atoms with van der Waals surface area (Å²) in [6.07, 6.45) is 0.580. The van der Waals surface area contributed by atoms with E-state index in [1.807, 2.05) is 11.8 Å². The largest absolute Gasteiger partial charge is 0.393 e. The molecular weight excluding hydrogens is 265 g/mol. The summed E-state index contributed by atoms with van der Waals surface area (Å²) in [7, 11) is 0. The van der Waals surface area contributed by atoms with Crippen LogP contribution in [0.1, 0.15) is 13.3 Å². The minimum Gasteiger partial charge on any atom is -0.393 e. The van der Waals surface area contributed by atoms with E-state index >= 15 is 0 Å². The number of hydrogen-bond acceptors (Lipinski definition) is 3. The first-order valence-corrected chi connectivity index (χ1v) is 6.48. The van der Waals surface area contributed by atoms with E-state index in [1.54, 1.807) is 12.1 Å². The molecule has 1 aromatic carbocycles. The maximum atomic E-state index is 13.0. The molecule has 104 valence electrons. The molecule has 0 atom stereocenters. The van der Waals surface area contributed by atoms with Crippen LogP contribution < -0.4 is 11.1 Å². The van der Waals surface area contributed by atoms with E-state index in [1.165, 1.54) is 12.1 Å². The Kier molecular flexibility index (Phi) is 6.38. The fourth-order valence-electron chi connectivity index (χ4n) is 1.59. The molecule has 0 aliphatic rings. The van der Waals surface area contributed by atoms with Gasteiger partial charge in [0.15, 0.2) is 0 Å². The third kappa shape index (κ3) is 6.26. The second kappa shape index (κ2) is 7.81. The lowest BCUT2D eigenvalue weighted by Gasteiger charge is -2.19. The standard InChI is InChI=1S/C13H18FN3OS/c1-2-17(7-6-12(15)19)9-13(18)16-11-5-3-4-10(14)8-11/h3-5,8H,2,6-7,9H2,1H3,(H2,15,19)(H,16,18). The molecule has 1 amide bonds. The number of likely N-dealkylation sites (N-methyl/N-ethyl adjacent to an activating group) is 1. The molecule has 0 aliphatic heterocycles. The highest BCUT2D eigenvalue weighted by Gasteiger charge is 2.09. The molecule has 4 nitrogen and oxygen atoms in total. The third-order valence-corrected chi connectivity index (χ3v) is 2.80. The van der Waals surface area contributed by atoms with Crippen molar-refractivity contribution in [3.63, 3.8) is 0 Å². The van der Waals surface area contributed by atoms with Crippen LogP contribution in [0.25, 0.3) is 0 Å². The molecule has 0 bridgehead atoms. The highest BCUT2D eigenvalue weighted by atomic mass is 32.1. The van der Waals surface area contributed by atoms with Crippen molar-refractivity contribution in [2.45, 2.75) is 13.3 Å². The molecule has 0 unspecified atom stereocenters. The molecule has 1 aromatic rings. The second-order valence-corrected chi connectivity index (χ2v) is 4.67. The number of rotatable bonds is 7.